The summed E-state index contributed by atoms with van der Waals surface area (Å²) in [7, 11) is 1.61. The molecule has 1 fully saturated rings. The highest BCUT2D eigenvalue weighted by Gasteiger charge is 2.26. The summed E-state index contributed by atoms with van der Waals surface area (Å²) < 4.78 is 5.47. The lowest BCUT2D eigenvalue weighted by Crippen LogP contribution is -2.49. The molecular formula is C17H25ClN2O3. The van der Waals surface area contributed by atoms with Gasteiger partial charge in [-0.25, -0.2) is 4.79 Å². The quantitative estimate of drug-likeness (QED) is 0.837. The van der Waals surface area contributed by atoms with E-state index in [2.05, 4.69) is 5.32 Å². The zero-order valence-corrected chi connectivity index (χ0v) is 14.3. The largest absolute Gasteiger partial charge is 0.396 e. The van der Waals surface area contributed by atoms with E-state index >= 15 is 0 Å². The third-order valence-electron chi connectivity index (χ3n) is 4.33. The number of nitrogens with zero attached hydrogens (tertiary/aromatic N) is 1. The number of rotatable bonds is 6. The van der Waals surface area contributed by atoms with Crippen LogP contribution in [0.3, 0.4) is 0 Å². The molecule has 1 heterocycles. The molecule has 1 aromatic rings. The molecule has 0 aromatic heterocycles. The molecular weight excluding hydrogens is 316 g/mol. The van der Waals surface area contributed by atoms with Crippen molar-refractivity contribution in [2.24, 2.45) is 0 Å². The summed E-state index contributed by atoms with van der Waals surface area (Å²) in [6.45, 7) is 1.20. The number of methoxy groups -OCH3 is 1. The van der Waals surface area contributed by atoms with Gasteiger partial charge in [0.25, 0.3) is 0 Å². The molecule has 0 spiro atoms. The van der Waals surface area contributed by atoms with Crippen LogP contribution in [-0.2, 0) is 4.74 Å². The number of nitrogens with one attached hydrogen (secondary N) is 1. The summed E-state index contributed by atoms with van der Waals surface area (Å²) >= 11 is 6.20. The van der Waals surface area contributed by atoms with E-state index in [4.69, 9.17) is 21.4 Å². The Hall–Kier alpha value is -1.30. The first-order valence-corrected chi connectivity index (χ1v) is 8.47. The molecule has 2 rings (SSSR count). The second kappa shape index (κ2) is 9.11. The predicted molar refractivity (Wildman–Crippen MR) is 90.6 cm³/mol. The number of likely N-dealkylation sites (tertiary alicyclic amines) is 1. The van der Waals surface area contributed by atoms with Crippen molar-refractivity contribution in [3.63, 3.8) is 0 Å². The highest BCUT2D eigenvalue weighted by Crippen LogP contribution is 2.25. The van der Waals surface area contributed by atoms with Gasteiger partial charge in [-0.05, 0) is 31.7 Å². The Bertz CT molecular complexity index is 510. The topological polar surface area (TPSA) is 61.8 Å². The Morgan fingerprint density at radius 1 is 1.48 bits per heavy atom. The van der Waals surface area contributed by atoms with Gasteiger partial charge in [0, 0.05) is 43.4 Å². The van der Waals surface area contributed by atoms with Crippen LogP contribution in [-0.4, -0.2) is 48.9 Å². The second-order valence-electron chi connectivity index (χ2n) is 5.79. The van der Waals surface area contributed by atoms with E-state index in [1.807, 2.05) is 29.2 Å². The fraction of sp³-hybridized carbons (Fsp3) is 0.588. The Morgan fingerprint density at radius 2 is 2.26 bits per heavy atom. The van der Waals surface area contributed by atoms with Gasteiger partial charge in [0.15, 0.2) is 0 Å². The normalized spacial score (nSPS) is 19.4. The van der Waals surface area contributed by atoms with Crippen molar-refractivity contribution in [1.82, 2.24) is 10.2 Å². The molecule has 5 nitrogen and oxygen atoms in total. The van der Waals surface area contributed by atoms with E-state index in [9.17, 15) is 4.79 Å². The molecule has 128 valence electrons. The van der Waals surface area contributed by atoms with Crippen LogP contribution in [0.5, 0.6) is 0 Å². The third kappa shape index (κ3) is 4.83. The standard InChI is InChI=1S/C17H25ClN2O3/c1-23-16(14-7-2-3-8-15(14)18)12-19-17(22)20-10-5-4-6-13(20)9-11-21/h2-3,7-8,13,16,21H,4-6,9-12H2,1H3,(H,19,22). The van der Waals surface area contributed by atoms with Crippen molar-refractivity contribution in [3.8, 4) is 0 Å². The SMILES string of the molecule is COC(CNC(=O)N1CCCCC1CCO)c1ccccc1Cl. The minimum absolute atomic E-state index is 0.0998. The molecule has 0 aliphatic carbocycles. The maximum atomic E-state index is 12.5. The van der Waals surface area contributed by atoms with E-state index in [-0.39, 0.29) is 24.8 Å². The summed E-state index contributed by atoms with van der Waals surface area (Å²) in [6.07, 6.45) is 3.41. The van der Waals surface area contributed by atoms with Crippen LogP contribution in [0.2, 0.25) is 5.02 Å². The maximum absolute atomic E-state index is 12.5. The zero-order chi connectivity index (χ0) is 16.7. The highest BCUT2D eigenvalue weighted by atomic mass is 35.5. The number of amides is 2. The van der Waals surface area contributed by atoms with Crippen molar-refractivity contribution >= 4 is 17.6 Å². The van der Waals surface area contributed by atoms with Crippen LogP contribution < -0.4 is 5.32 Å². The monoisotopic (exact) mass is 340 g/mol. The van der Waals surface area contributed by atoms with Crippen molar-refractivity contribution in [2.45, 2.75) is 37.8 Å². The van der Waals surface area contributed by atoms with E-state index in [0.29, 0.717) is 18.0 Å². The first kappa shape index (κ1) is 18.0. The smallest absolute Gasteiger partial charge is 0.317 e. The Labute approximate surface area is 142 Å². The highest BCUT2D eigenvalue weighted by molar-refractivity contribution is 6.31. The Morgan fingerprint density at radius 3 is 2.96 bits per heavy atom. The summed E-state index contributed by atoms with van der Waals surface area (Å²) in [5, 5.41) is 12.7. The molecule has 23 heavy (non-hydrogen) atoms. The van der Waals surface area contributed by atoms with Gasteiger partial charge >= 0.3 is 6.03 Å². The summed E-state index contributed by atoms with van der Waals surface area (Å²) in [4.78, 5) is 14.3. The summed E-state index contributed by atoms with van der Waals surface area (Å²) in [6, 6.07) is 7.50. The third-order valence-corrected chi connectivity index (χ3v) is 4.67. The average Bonchev–Trinajstić information content (AvgIpc) is 2.57. The zero-order valence-electron chi connectivity index (χ0n) is 13.5. The van der Waals surface area contributed by atoms with Gasteiger partial charge in [0.2, 0.25) is 0 Å². The van der Waals surface area contributed by atoms with Gasteiger partial charge in [-0.15, -0.1) is 0 Å². The molecule has 0 saturated carbocycles. The van der Waals surface area contributed by atoms with Crippen LogP contribution in [0.25, 0.3) is 0 Å². The molecule has 1 aromatic carbocycles. The molecule has 1 aliphatic rings. The number of aliphatic hydroxyl groups is 1. The van der Waals surface area contributed by atoms with Crippen LogP contribution in [0.15, 0.2) is 24.3 Å². The fourth-order valence-electron chi connectivity index (χ4n) is 3.06. The first-order chi connectivity index (χ1) is 11.2. The van der Waals surface area contributed by atoms with Gasteiger partial charge in [-0.1, -0.05) is 29.8 Å². The van der Waals surface area contributed by atoms with Crippen LogP contribution in [0.1, 0.15) is 37.4 Å². The molecule has 2 N–H and O–H groups in total. The van der Waals surface area contributed by atoms with E-state index < -0.39 is 0 Å². The van der Waals surface area contributed by atoms with Crippen molar-refractivity contribution in [2.75, 3.05) is 26.8 Å². The summed E-state index contributed by atoms with van der Waals surface area (Å²) in [5.41, 5.74) is 0.863. The van der Waals surface area contributed by atoms with E-state index in [1.165, 1.54) is 0 Å². The van der Waals surface area contributed by atoms with Crippen molar-refractivity contribution in [3.05, 3.63) is 34.9 Å². The number of benzene rings is 1. The molecule has 0 radical (unpaired) electrons. The van der Waals surface area contributed by atoms with Crippen LogP contribution >= 0.6 is 11.6 Å². The summed E-state index contributed by atoms with van der Waals surface area (Å²) in [5.74, 6) is 0. The molecule has 2 atom stereocenters. The number of carbonyl (C=O) groups excluding carboxylic acids is 1. The number of carbonyl (C=O) groups is 1. The number of hydrogen-bond acceptors (Lipinski definition) is 3. The molecule has 2 amide bonds. The van der Waals surface area contributed by atoms with Gasteiger partial charge in [-0.2, -0.15) is 0 Å². The minimum atomic E-state index is -0.284. The predicted octanol–water partition coefficient (Wildman–Crippen LogP) is 2.97. The van der Waals surface area contributed by atoms with E-state index in [0.717, 1.165) is 31.4 Å². The lowest BCUT2D eigenvalue weighted by molar-refractivity contribution is 0.0953. The molecule has 6 heteroatoms. The first-order valence-electron chi connectivity index (χ1n) is 8.10. The average molecular weight is 341 g/mol. The van der Waals surface area contributed by atoms with Crippen LogP contribution in [0.4, 0.5) is 4.79 Å². The van der Waals surface area contributed by atoms with Crippen molar-refractivity contribution in [1.29, 1.82) is 0 Å². The van der Waals surface area contributed by atoms with Gasteiger partial charge < -0.3 is 20.1 Å². The fourth-order valence-corrected chi connectivity index (χ4v) is 3.31. The Balaban J connectivity index is 1.95. The number of halogens is 1. The van der Waals surface area contributed by atoms with Gasteiger partial charge in [-0.3, -0.25) is 0 Å². The van der Waals surface area contributed by atoms with E-state index in [1.54, 1.807) is 7.11 Å². The molecule has 1 saturated heterocycles. The van der Waals surface area contributed by atoms with Crippen LogP contribution in [0, 0.1) is 0 Å². The minimum Gasteiger partial charge on any atom is -0.396 e. The molecule has 2 unspecified atom stereocenters. The molecule has 1 aliphatic heterocycles. The maximum Gasteiger partial charge on any atom is 0.317 e. The number of urea groups is 1. The molecule has 0 bridgehead atoms. The number of hydrogen-bond donors (Lipinski definition) is 2. The van der Waals surface area contributed by atoms with Gasteiger partial charge in [0.1, 0.15) is 6.10 Å². The number of aliphatic hydroxyl groups excluding tert-OH is 1. The Kier molecular flexibility index (Phi) is 7.15. The number of ether oxygens (including phenoxy) is 1. The number of piperidine rings is 1. The lowest BCUT2D eigenvalue weighted by Gasteiger charge is -2.35. The van der Waals surface area contributed by atoms with Gasteiger partial charge in [0.05, 0.1) is 0 Å². The second-order valence-corrected chi connectivity index (χ2v) is 6.19. The van der Waals surface area contributed by atoms with Crippen molar-refractivity contribution < 1.29 is 14.6 Å². The lowest BCUT2D eigenvalue weighted by atomic mass is 10.00.